The molecule has 0 bridgehead atoms. The van der Waals surface area contributed by atoms with E-state index in [1.807, 2.05) is 16.8 Å². The quantitative estimate of drug-likeness (QED) is 0.776. The number of rotatable bonds is 5. The summed E-state index contributed by atoms with van der Waals surface area (Å²) in [6.45, 7) is 3.86. The first kappa shape index (κ1) is 14.9. The summed E-state index contributed by atoms with van der Waals surface area (Å²) >= 11 is 1.59. The average Bonchev–Trinajstić information content (AvgIpc) is 3.14. The van der Waals surface area contributed by atoms with Crippen LogP contribution < -0.4 is 4.72 Å². The molecule has 0 aromatic carbocycles. The Hall–Kier alpha value is -2.06. The van der Waals surface area contributed by atoms with E-state index in [4.69, 9.17) is 4.42 Å². The average molecular weight is 337 g/mol. The number of nitrogens with zero attached hydrogens (tertiary/aromatic N) is 2. The van der Waals surface area contributed by atoms with Crippen LogP contribution in [0.1, 0.15) is 17.1 Å². The second-order valence-electron chi connectivity index (χ2n) is 4.89. The molecule has 0 unspecified atom stereocenters. The normalized spacial score (nSPS) is 11.7. The zero-order valence-corrected chi connectivity index (χ0v) is 13.7. The third-order valence-electron chi connectivity index (χ3n) is 3.15. The Morgan fingerprint density at radius 3 is 2.82 bits per heavy atom. The van der Waals surface area contributed by atoms with E-state index < -0.39 is 10.0 Å². The minimum atomic E-state index is -3.70. The third-order valence-corrected chi connectivity index (χ3v) is 5.35. The molecule has 22 heavy (non-hydrogen) atoms. The molecule has 0 radical (unpaired) electrons. The molecule has 3 aromatic rings. The van der Waals surface area contributed by atoms with Crippen LogP contribution in [-0.2, 0) is 16.6 Å². The van der Waals surface area contributed by atoms with E-state index in [0.717, 1.165) is 5.56 Å². The van der Waals surface area contributed by atoms with Crippen LogP contribution in [0.2, 0.25) is 0 Å². The van der Waals surface area contributed by atoms with E-state index in [1.165, 1.54) is 6.07 Å². The van der Waals surface area contributed by atoms with E-state index in [-0.39, 0.29) is 4.90 Å². The SMILES string of the molecule is Cc1cc(S(=O)(=O)Nc2ccnn2Cc2ccsc2)c(C)o1. The van der Waals surface area contributed by atoms with Crippen molar-refractivity contribution in [1.82, 2.24) is 9.78 Å². The molecule has 0 saturated carbocycles. The van der Waals surface area contributed by atoms with Gasteiger partial charge in [0.05, 0.1) is 12.7 Å². The molecule has 8 heteroatoms. The first-order valence-corrected chi connectivity index (χ1v) is 9.01. The van der Waals surface area contributed by atoms with Gasteiger partial charge in [-0.25, -0.2) is 13.1 Å². The number of anilines is 1. The van der Waals surface area contributed by atoms with Gasteiger partial charge in [0.15, 0.2) is 0 Å². The number of aromatic nitrogens is 2. The van der Waals surface area contributed by atoms with Gasteiger partial charge < -0.3 is 4.42 Å². The van der Waals surface area contributed by atoms with Crippen molar-refractivity contribution in [1.29, 1.82) is 0 Å². The predicted octanol–water partition coefficient (Wildman–Crippen LogP) is 3.00. The molecule has 0 fully saturated rings. The smallest absolute Gasteiger partial charge is 0.266 e. The van der Waals surface area contributed by atoms with Crippen molar-refractivity contribution >= 4 is 27.2 Å². The first-order valence-electron chi connectivity index (χ1n) is 6.58. The second kappa shape index (κ2) is 5.62. The Morgan fingerprint density at radius 1 is 1.36 bits per heavy atom. The highest BCUT2D eigenvalue weighted by molar-refractivity contribution is 7.92. The van der Waals surface area contributed by atoms with Gasteiger partial charge in [-0.3, -0.25) is 4.72 Å². The summed E-state index contributed by atoms with van der Waals surface area (Å²) < 4.78 is 34.4. The number of nitrogens with one attached hydrogen (secondary N) is 1. The molecule has 0 spiro atoms. The van der Waals surface area contributed by atoms with E-state index >= 15 is 0 Å². The number of thiophene rings is 1. The molecular weight excluding hydrogens is 322 g/mol. The first-order chi connectivity index (χ1) is 10.5. The summed E-state index contributed by atoms with van der Waals surface area (Å²) in [4.78, 5) is 0.147. The second-order valence-corrected chi connectivity index (χ2v) is 7.32. The molecular formula is C14H15N3O3S2. The zero-order valence-electron chi connectivity index (χ0n) is 12.1. The van der Waals surface area contributed by atoms with Crippen LogP contribution in [0.3, 0.4) is 0 Å². The molecule has 0 saturated heterocycles. The highest BCUT2D eigenvalue weighted by Gasteiger charge is 2.22. The van der Waals surface area contributed by atoms with E-state index in [1.54, 1.807) is 42.1 Å². The standard InChI is InChI=1S/C14H15N3O3S2/c1-10-7-13(11(2)20-10)22(18,19)16-14-3-5-15-17(14)8-12-4-6-21-9-12/h3-7,9,16H,8H2,1-2H3. The maximum absolute atomic E-state index is 12.5. The zero-order chi connectivity index (χ0) is 15.7. The van der Waals surface area contributed by atoms with Crippen LogP contribution in [0.15, 0.2) is 44.5 Å². The van der Waals surface area contributed by atoms with Crippen LogP contribution >= 0.6 is 11.3 Å². The monoisotopic (exact) mass is 337 g/mol. The van der Waals surface area contributed by atoms with Crippen LogP contribution in [0.25, 0.3) is 0 Å². The van der Waals surface area contributed by atoms with Crippen LogP contribution in [0.4, 0.5) is 5.82 Å². The molecule has 0 amide bonds. The summed E-state index contributed by atoms with van der Waals surface area (Å²) in [5, 5.41) is 8.14. The van der Waals surface area contributed by atoms with Crippen molar-refractivity contribution in [3.05, 3.63) is 52.2 Å². The van der Waals surface area contributed by atoms with Gasteiger partial charge in [0.25, 0.3) is 10.0 Å². The van der Waals surface area contributed by atoms with Crippen molar-refractivity contribution in [2.75, 3.05) is 4.72 Å². The van der Waals surface area contributed by atoms with Gasteiger partial charge in [-0.2, -0.15) is 16.4 Å². The highest BCUT2D eigenvalue weighted by Crippen LogP contribution is 2.22. The number of sulfonamides is 1. The number of furan rings is 1. The predicted molar refractivity (Wildman–Crippen MR) is 84.6 cm³/mol. The summed E-state index contributed by atoms with van der Waals surface area (Å²) in [6.07, 6.45) is 1.57. The molecule has 6 nitrogen and oxygen atoms in total. The fraction of sp³-hybridized carbons (Fsp3) is 0.214. The highest BCUT2D eigenvalue weighted by atomic mass is 32.2. The lowest BCUT2D eigenvalue weighted by atomic mass is 10.3. The van der Waals surface area contributed by atoms with Crippen molar-refractivity contribution in [2.24, 2.45) is 0 Å². The van der Waals surface area contributed by atoms with Crippen molar-refractivity contribution in [3.8, 4) is 0 Å². The van der Waals surface area contributed by atoms with Gasteiger partial charge in [-0.15, -0.1) is 0 Å². The molecule has 0 aliphatic rings. The lowest BCUT2D eigenvalue weighted by molar-refractivity contribution is 0.496. The maximum atomic E-state index is 12.5. The largest absolute Gasteiger partial charge is 0.465 e. The molecule has 3 rings (SSSR count). The third kappa shape index (κ3) is 2.93. The van der Waals surface area contributed by atoms with E-state index in [9.17, 15) is 8.42 Å². The van der Waals surface area contributed by atoms with Crippen LogP contribution in [0, 0.1) is 13.8 Å². The van der Waals surface area contributed by atoms with Crippen molar-refractivity contribution < 1.29 is 12.8 Å². The van der Waals surface area contributed by atoms with Crippen LogP contribution in [-0.4, -0.2) is 18.2 Å². The Labute approximate surface area is 132 Å². The number of aryl methyl sites for hydroxylation is 2. The van der Waals surface area contributed by atoms with Gasteiger partial charge in [0, 0.05) is 12.1 Å². The topological polar surface area (TPSA) is 77.1 Å². The molecule has 3 aromatic heterocycles. The summed E-state index contributed by atoms with van der Waals surface area (Å²) in [7, 11) is -3.70. The van der Waals surface area contributed by atoms with Crippen molar-refractivity contribution in [2.45, 2.75) is 25.3 Å². The number of hydrogen-bond acceptors (Lipinski definition) is 5. The molecule has 3 heterocycles. The lowest BCUT2D eigenvalue weighted by Gasteiger charge is -2.09. The Kier molecular flexibility index (Phi) is 3.79. The Balaban J connectivity index is 1.87. The molecule has 116 valence electrons. The fourth-order valence-electron chi connectivity index (χ4n) is 2.17. The van der Waals surface area contributed by atoms with Gasteiger partial charge >= 0.3 is 0 Å². The van der Waals surface area contributed by atoms with Gasteiger partial charge in [0.1, 0.15) is 22.2 Å². The van der Waals surface area contributed by atoms with Gasteiger partial charge in [-0.05, 0) is 36.2 Å². The molecule has 1 N–H and O–H groups in total. The number of hydrogen-bond donors (Lipinski definition) is 1. The van der Waals surface area contributed by atoms with E-state index in [2.05, 4.69) is 9.82 Å². The summed E-state index contributed by atoms with van der Waals surface area (Å²) in [5.41, 5.74) is 1.07. The minimum Gasteiger partial charge on any atom is -0.465 e. The minimum absolute atomic E-state index is 0.147. The van der Waals surface area contributed by atoms with E-state index in [0.29, 0.717) is 23.9 Å². The van der Waals surface area contributed by atoms with Gasteiger partial charge in [-0.1, -0.05) is 0 Å². The maximum Gasteiger partial charge on any atom is 0.266 e. The molecule has 0 atom stereocenters. The molecule has 0 aliphatic heterocycles. The lowest BCUT2D eigenvalue weighted by Crippen LogP contribution is -2.17. The summed E-state index contributed by atoms with van der Waals surface area (Å²) in [5.74, 6) is 1.35. The van der Waals surface area contributed by atoms with Crippen molar-refractivity contribution in [3.63, 3.8) is 0 Å². The Bertz CT molecular complexity index is 876. The van der Waals surface area contributed by atoms with Crippen LogP contribution in [0.5, 0.6) is 0 Å². The fourth-order valence-corrected chi connectivity index (χ4v) is 4.13. The summed E-state index contributed by atoms with van der Waals surface area (Å²) in [6, 6.07) is 5.12. The Morgan fingerprint density at radius 2 is 2.18 bits per heavy atom. The molecule has 0 aliphatic carbocycles. The van der Waals surface area contributed by atoms with Gasteiger partial charge in [0.2, 0.25) is 0 Å².